The molecule has 134 valence electrons. The van der Waals surface area contributed by atoms with Gasteiger partial charge in [0.25, 0.3) is 0 Å². The van der Waals surface area contributed by atoms with Crippen LogP contribution < -0.4 is 5.32 Å². The molecule has 0 radical (unpaired) electrons. The van der Waals surface area contributed by atoms with Crippen molar-refractivity contribution in [3.8, 4) is 5.69 Å². The van der Waals surface area contributed by atoms with Gasteiger partial charge < -0.3 is 5.32 Å². The van der Waals surface area contributed by atoms with E-state index in [1.807, 2.05) is 18.2 Å². The second-order valence-corrected chi connectivity index (χ2v) is 7.28. The van der Waals surface area contributed by atoms with Gasteiger partial charge in [-0.15, -0.1) is 0 Å². The minimum atomic E-state index is -0.292. The Hall–Kier alpha value is -2.04. The number of hydrogen-bond acceptors (Lipinski definition) is 2. The third-order valence-electron chi connectivity index (χ3n) is 4.67. The lowest BCUT2D eigenvalue weighted by Gasteiger charge is -2.09. The summed E-state index contributed by atoms with van der Waals surface area (Å²) in [6.45, 7) is 0.855. The molecule has 0 saturated heterocycles. The van der Waals surface area contributed by atoms with E-state index in [1.165, 1.54) is 6.07 Å². The van der Waals surface area contributed by atoms with Gasteiger partial charge in [-0.05, 0) is 49.1 Å². The highest BCUT2D eigenvalue weighted by Gasteiger charge is 2.22. The second kappa shape index (κ2) is 7.29. The van der Waals surface area contributed by atoms with Crippen molar-refractivity contribution in [1.82, 2.24) is 9.78 Å². The Morgan fingerprint density at radius 3 is 2.77 bits per heavy atom. The third kappa shape index (κ3) is 3.31. The van der Waals surface area contributed by atoms with Crippen LogP contribution in [0, 0.1) is 5.82 Å². The molecule has 6 heteroatoms. The van der Waals surface area contributed by atoms with Crippen LogP contribution in [0.5, 0.6) is 0 Å². The largest absolute Gasteiger partial charge is 0.370 e. The molecule has 0 amide bonds. The van der Waals surface area contributed by atoms with E-state index in [0.29, 0.717) is 22.2 Å². The van der Waals surface area contributed by atoms with Gasteiger partial charge in [-0.25, -0.2) is 9.07 Å². The Morgan fingerprint density at radius 1 is 1.12 bits per heavy atom. The van der Waals surface area contributed by atoms with E-state index in [9.17, 15) is 4.39 Å². The van der Waals surface area contributed by atoms with Crippen LogP contribution in [-0.2, 0) is 12.8 Å². The van der Waals surface area contributed by atoms with E-state index >= 15 is 0 Å². The van der Waals surface area contributed by atoms with Crippen molar-refractivity contribution in [2.24, 2.45) is 0 Å². The lowest BCUT2D eigenvalue weighted by atomic mass is 10.0. The quantitative estimate of drug-likeness (QED) is 0.626. The number of fused-ring (bicyclic) bond motifs is 1. The van der Waals surface area contributed by atoms with Gasteiger partial charge in [0, 0.05) is 28.6 Å². The van der Waals surface area contributed by atoms with E-state index in [-0.39, 0.29) is 5.82 Å². The summed E-state index contributed by atoms with van der Waals surface area (Å²) in [6, 6.07) is 12.2. The van der Waals surface area contributed by atoms with E-state index in [0.717, 1.165) is 48.4 Å². The van der Waals surface area contributed by atoms with Gasteiger partial charge in [0.15, 0.2) is 0 Å². The molecular formula is C20H18Cl2FN3. The van der Waals surface area contributed by atoms with Crippen molar-refractivity contribution in [3.05, 3.63) is 75.1 Å². The van der Waals surface area contributed by atoms with Gasteiger partial charge in [-0.3, -0.25) is 0 Å². The summed E-state index contributed by atoms with van der Waals surface area (Å²) in [5.74, 6) is 0.590. The number of aromatic nitrogens is 2. The van der Waals surface area contributed by atoms with Gasteiger partial charge in [0.2, 0.25) is 0 Å². The molecule has 0 unspecified atom stereocenters. The number of rotatable bonds is 3. The molecule has 0 saturated carbocycles. The molecule has 4 rings (SSSR count). The van der Waals surface area contributed by atoms with Crippen LogP contribution in [0.3, 0.4) is 0 Å². The average Bonchev–Trinajstić information content (AvgIpc) is 2.80. The Morgan fingerprint density at radius 2 is 1.96 bits per heavy atom. The number of anilines is 1. The lowest BCUT2D eigenvalue weighted by molar-refractivity contribution is 0.610. The first-order valence-electron chi connectivity index (χ1n) is 8.67. The molecule has 3 nitrogen and oxygen atoms in total. The van der Waals surface area contributed by atoms with Crippen molar-refractivity contribution in [2.45, 2.75) is 25.7 Å². The Bertz CT molecular complexity index is 952. The summed E-state index contributed by atoms with van der Waals surface area (Å²) in [4.78, 5) is 0. The summed E-state index contributed by atoms with van der Waals surface area (Å²) in [7, 11) is 0. The first-order valence-corrected chi connectivity index (χ1v) is 9.42. The molecule has 0 fully saturated rings. The van der Waals surface area contributed by atoms with Crippen LogP contribution in [0.1, 0.15) is 29.7 Å². The van der Waals surface area contributed by atoms with Gasteiger partial charge in [0.1, 0.15) is 17.3 Å². The predicted molar refractivity (Wildman–Crippen MR) is 104 cm³/mol. The smallest absolute Gasteiger partial charge is 0.148 e. The van der Waals surface area contributed by atoms with Crippen LogP contribution in [0.2, 0.25) is 10.0 Å². The van der Waals surface area contributed by atoms with Gasteiger partial charge in [-0.1, -0.05) is 41.4 Å². The maximum absolute atomic E-state index is 14.4. The van der Waals surface area contributed by atoms with Gasteiger partial charge in [-0.2, -0.15) is 5.10 Å². The topological polar surface area (TPSA) is 29.9 Å². The van der Waals surface area contributed by atoms with Gasteiger partial charge >= 0.3 is 0 Å². The summed E-state index contributed by atoms with van der Waals surface area (Å²) >= 11 is 12.4. The van der Waals surface area contributed by atoms with Crippen molar-refractivity contribution in [1.29, 1.82) is 0 Å². The first-order chi connectivity index (χ1) is 12.6. The number of nitrogens with one attached hydrogen (secondary N) is 1. The Labute approximate surface area is 161 Å². The van der Waals surface area contributed by atoms with Crippen LogP contribution in [0.15, 0.2) is 42.5 Å². The molecule has 3 aromatic rings. The monoisotopic (exact) mass is 389 g/mol. The molecule has 26 heavy (non-hydrogen) atoms. The number of hydrogen-bond donors (Lipinski definition) is 1. The number of para-hydroxylation sites is 1. The van der Waals surface area contributed by atoms with Crippen LogP contribution in [0.25, 0.3) is 5.69 Å². The highest BCUT2D eigenvalue weighted by molar-refractivity contribution is 6.35. The minimum Gasteiger partial charge on any atom is -0.370 e. The third-order valence-corrected chi connectivity index (χ3v) is 5.25. The number of benzene rings is 2. The summed E-state index contributed by atoms with van der Waals surface area (Å²) in [5, 5.41) is 9.40. The van der Waals surface area contributed by atoms with E-state index < -0.39 is 0 Å². The maximum atomic E-state index is 14.4. The van der Waals surface area contributed by atoms with Crippen LogP contribution in [0.4, 0.5) is 10.2 Å². The SMILES string of the molecule is Fc1ccccc1-n1nc(Cc2ccc(Cl)cc2Cl)c2c1NCCCC2. The fourth-order valence-electron chi connectivity index (χ4n) is 3.36. The zero-order chi connectivity index (χ0) is 18.1. The predicted octanol–water partition coefficient (Wildman–Crippen LogP) is 5.66. The molecule has 0 bridgehead atoms. The minimum absolute atomic E-state index is 0.292. The number of halogens is 3. The van der Waals surface area contributed by atoms with Crippen molar-refractivity contribution in [3.63, 3.8) is 0 Å². The fraction of sp³-hybridized carbons (Fsp3) is 0.250. The van der Waals surface area contributed by atoms with Crippen LogP contribution in [-0.4, -0.2) is 16.3 Å². The summed E-state index contributed by atoms with van der Waals surface area (Å²) in [5.41, 5.74) is 3.46. The summed E-state index contributed by atoms with van der Waals surface area (Å²) < 4.78 is 16.1. The molecule has 1 N–H and O–H groups in total. The Kier molecular flexibility index (Phi) is 4.88. The lowest BCUT2D eigenvalue weighted by Crippen LogP contribution is -2.08. The zero-order valence-electron chi connectivity index (χ0n) is 14.1. The van der Waals surface area contributed by atoms with Gasteiger partial charge in [0.05, 0.1) is 5.69 Å². The van der Waals surface area contributed by atoms with E-state index in [2.05, 4.69) is 5.32 Å². The number of nitrogens with zero attached hydrogens (tertiary/aromatic N) is 2. The molecule has 2 heterocycles. The molecule has 1 aromatic heterocycles. The second-order valence-electron chi connectivity index (χ2n) is 6.43. The molecule has 2 aromatic carbocycles. The highest BCUT2D eigenvalue weighted by Crippen LogP contribution is 2.31. The summed E-state index contributed by atoms with van der Waals surface area (Å²) in [6.07, 6.45) is 3.65. The van der Waals surface area contributed by atoms with Crippen molar-refractivity contribution in [2.75, 3.05) is 11.9 Å². The molecule has 1 aliphatic heterocycles. The zero-order valence-corrected chi connectivity index (χ0v) is 15.6. The fourth-order valence-corrected chi connectivity index (χ4v) is 3.83. The normalized spacial score (nSPS) is 13.8. The molecular weight excluding hydrogens is 372 g/mol. The molecule has 1 aliphatic rings. The first kappa shape index (κ1) is 17.4. The van der Waals surface area contributed by atoms with E-state index in [4.69, 9.17) is 28.3 Å². The molecule has 0 atom stereocenters. The molecule has 0 aliphatic carbocycles. The van der Waals surface area contributed by atoms with E-state index in [1.54, 1.807) is 22.9 Å². The average molecular weight is 390 g/mol. The van der Waals surface area contributed by atoms with Crippen LogP contribution >= 0.6 is 23.2 Å². The molecule has 0 spiro atoms. The van der Waals surface area contributed by atoms with Crippen molar-refractivity contribution < 1.29 is 4.39 Å². The maximum Gasteiger partial charge on any atom is 0.148 e. The standard InChI is InChI=1S/C20H18Cl2FN3/c21-14-9-8-13(16(22)12-14)11-18-15-5-3-4-10-24-20(15)26(25-18)19-7-2-1-6-17(19)23/h1-2,6-9,12,24H,3-5,10-11H2. The Balaban J connectivity index is 1.81. The van der Waals surface area contributed by atoms with Crippen molar-refractivity contribution >= 4 is 29.0 Å². The highest BCUT2D eigenvalue weighted by atomic mass is 35.5.